The Hall–Kier alpha value is -3.07. The first-order valence-corrected chi connectivity index (χ1v) is 14.2. The molecule has 0 saturated carbocycles. The quantitative estimate of drug-likeness (QED) is 0.461. The van der Waals surface area contributed by atoms with E-state index in [1.807, 2.05) is 6.07 Å². The van der Waals surface area contributed by atoms with Gasteiger partial charge in [-0.3, -0.25) is 14.6 Å². The van der Waals surface area contributed by atoms with Crippen molar-refractivity contribution in [3.63, 3.8) is 0 Å². The van der Waals surface area contributed by atoms with Crippen molar-refractivity contribution in [2.24, 2.45) is 5.92 Å². The van der Waals surface area contributed by atoms with Crippen molar-refractivity contribution in [1.29, 1.82) is 0 Å². The monoisotopic (exact) mass is 531 g/mol. The van der Waals surface area contributed by atoms with Crippen molar-refractivity contribution in [3.05, 3.63) is 71.1 Å². The number of aromatic nitrogens is 2. The molecule has 5 rings (SSSR count). The molecule has 1 amide bonds. The normalized spacial score (nSPS) is 17.8. The molecule has 8 heteroatoms. The molecule has 2 aromatic carbocycles. The number of amides is 1. The first-order chi connectivity index (χ1) is 18.8. The molecule has 0 spiro atoms. The van der Waals surface area contributed by atoms with Crippen LogP contribution in [0.15, 0.2) is 53.1 Å². The first kappa shape index (κ1) is 27.5. The van der Waals surface area contributed by atoms with Gasteiger partial charge in [-0.1, -0.05) is 74.5 Å². The fraction of sp³-hybridized carbons (Fsp3) is 0.516. The van der Waals surface area contributed by atoms with E-state index in [1.54, 1.807) is 0 Å². The van der Waals surface area contributed by atoms with E-state index in [0.717, 1.165) is 64.3 Å². The fourth-order valence-electron chi connectivity index (χ4n) is 5.31. The van der Waals surface area contributed by atoms with E-state index in [-0.39, 0.29) is 17.2 Å². The third-order valence-corrected chi connectivity index (χ3v) is 7.86. The van der Waals surface area contributed by atoms with Gasteiger partial charge in [0.15, 0.2) is 0 Å². The summed E-state index contributed by atoms with van der Waals surface area (Å²) in [5.41, 5.74) is 4.81. The zero-order valence-electron chi connectivity index (χ0n) is 23.5. The molecule has 3 heterocycles. The van der Waals surface area contributed by atoms with Crippen LogP contribution in [-0.4, -0.2) is 65.2 Å². The molecule has 2 aliphatic heterocycles. The minimum Gasteiger partial charge on any atom is -0.379 e. The van der Waals surface area contributed by atoms with Crippen LogP contribution in [-0.2, 0) is 34.6 Å². The second-order valence-corrected chi connectivity index (χ2v) is 11.8. The molecule has 2 aliphatic rings. The molecule has 1 aromatic heterocycles. The average Bonchev–Trinajstić information content (AvgIpc) is 3.41. The molecule has 2 saturated heterocycles. The molecule has 3 aromatic rings. The number of nitrogens with zero attached hydrogens (tertiary/aromatic N) is 4. The summed E-state index contributed by atoms with van der Waals surface area (Å²) < 4.78 is 11.0. The zero-order chi connectivity index (χ0) is 27.2. The molecule has 0 aliphatic carbocycles. The number of hydrogen-bond donors (Lipinski definition) is 1. The minimum absolute atomic E-state index is 0.0345. The number of carbonyl (C=O) groups excluding carboxylic acids is 1. The Labute approximate surface area is 231 Å². The molecule has 8 nitrogen and oxygen atoms in total. The summed E-state index contributed by atoms with van der Waals surface area (Å²) in [6.07, 6.45) is 1.66. The van der Waals surface area contributed by atoms with E-state index < -0.39 is 0 Å². The van der Waals surface area contributed by atoms with E-state index in [4.69, 9.17) is 9.26 Å². The Balaban J connectivity index is 1.08. The lowest BCUT2D eigenvalue weighted by Crippen LogP contribution is -2.40. The number of nitrogens with one attached hydrogen (secondary N) is 1. The van der Waals surface area contributed by atoms with Crippen LogP contribution in [0.2, 0.25) is 0 Å². The predicted octanol–water partition coefficient (Wildman–Crippen LogP) is 4.39. The number of morpholine rings is 1. The number of rotatable bonds is 8. The SMILES string of the molecule is CC(C)(C)c1ccc(-c2noc(CN3CCC(C(=O)NCc4ccccc4CN4CCOCC4)CC3)n2)cc1. The topological polar surface area (TPSA) is 83.7 Å². The number of likely N-dealkylation sites (tertiary alicyclic amines) is 1. The van der Waals surface area contributed by atoms with E-state index >= 15 is 0 Å². The number of piperidine rings is 1. The predicted molar refractivity (Wildman–Crippen MR) is 151 cm³/mol. The summed E-state index contributed by atoms with van der Waals surface area (Å²) in [6, 6.07) is 16.8. The molecule has 208 valence electrons. The zero-order valence-corrected chi connectivity index (χ0v) is 23.5. The molecule has 2 fully saturated rings. The Kier molecular flexibility index (Phi) is 8.75. The highest BCUT2D eigenvalue weighted by atomic mass is 16.5. The van der Waals surface area contributed by atoms with Crippen LogP contribution in [0.5, 0.6) is 0 Å². The first-order valence-electron chi connectivity index (χ1n) is 14.2. The Morgan fingerprint density at radius 3 is 2.28 bits per heavy atom. The number of hydrogen-bond acceptors (Lipinski definition) is 7. The van der Waals surface area contributed by atoms with E-state index in [0.29, 0.717) is 24.8 Å². The average molecular weight is 532 g/mol. The van der Waals surface area contributed by atoms with Gasteiger partial charge in [0.2, 0.25) is 17.6 Å². The molecule has 0 radical (unpaired) electrons. The highest BCUT2D eigenvalue weighted by Gasteiger charge is 2.26. The summed E-state index contributed by atoms with van der Waals surface area (Å²) >= 11 is 0. The van der Waals surface area contributed by atoms with Gasteiger partial charge in [0.25, 0.3) is 0 Å². The summed E-state index contributed by atoms with van der Waals surface area (Å²) in [4.78, 5) is 22.3. The maximum Gasteiger partial charge on any atom is 0.241 e. The smallest absolute Gasteiger partial charge is 0.241 e. The molecular weight excluding hydrogens is 490 g/mol. The molecule has 0 atom stereocenters. The van der Waals surface area contributed by atoms with Gasteiger partial charge in [-0.2, -0.15) is 4.98 Å². The highest BCUT2D eigenvalue weighted by molar-refractivity contribution is 5.78. The van der Waals surface area contributed by atoms with Gasteiger partial charge < -0.3 is 14.6 Å². The third kappa shape index (κ3) is 7.32. The van der Waals surface area contributed by atoms with E-state index in [2.05, 4.69) is 88.5 Å². The molecule has 1 N–H and O–H groups in total. The van der Waals surface area contributed by atoms with E-state index in [1.165, 1.54) is 16.7 Å². The lowest BCUT2D eigenvalue weighted by atomic mass is 9.87. The molecule has 0 bridgehead atoms. The third-order valence-electron chi connectivity index (χ3n) is 7.86. The highest BCUT2D eigenvalue weighted by Crippen LogP contribution is 2.26. The standard InChI is InChI=1S/C31H41N5O3/c1-31(2,3)27-10-8-23(9-11-27)29-33-28(39-34-29)22-35-14-12-24(13-15-35)30(37)32-20-25-6-4-5-7-26(25)21-36-16-18-38-19-17-36/h4-11,24H,12-22H2,1-3H3,(H,32,37). The Bertz CT molecular complexity index is 1220. The van der Waals surface area contributed by atoms with Gasteiger partial charge in [0.05, 0.1) is 19.8 Å². The van der Waals surface area contributed by atoms with Crippen molar-refractivity contribution in [1.82, 2.24) is 25.3 Å². The largest absolute Gasteiger partial charge is 0.379 e. The lowest BCUT2D eigenvalue weighted by molar-refractivity contribution is -0.126. The number of benzene rings is 2. The summed E-state index contributed by atoms with van der Waals surface area (Å²) in [5.74, 6) is 1.42. The van der Waals surface area contributed by atoms with Gasteiger partial charge in [0.1, 0.15) is 0 Å². The summed E-state index contributed by atoms with van der Waals surface area (Å²) in [7, 11) is 0. The molecule has 0 unspecified atom stereocenters. The fourth-order valence-corrected chi connectivity index (χ4v) is 5.31. The van der Waals surface area contributed by atoms with Gasteiger partial charge in [-0.25, -0.2) is 0 Å². The van der Waals surface area contributed by atoms with Crippen molar-refractivity contribution in [2.75, 3.05) is 39.4 Å². The van der Waals surface area contributed by atoms with Crippen LogP contribution in [0.25, 0.3) is 11.4 Å². The van der Waals surface area contributed by atoms with Crippen LogP contribution in [0, 0.1) is 5.92 Å². The molecular formula is C31H41N5O3. The lowest BCUT2D eigenvalue weighted by Gasteiger charge is -2.30. The van der Waals surface area contributed by atoms with Crippen LogP contribution < -0.4 is 5.32 Å². The maximum absolute atomic E-state index is 13.0. The maximum atomic E-state index is 13.0. The van der Waals surface area contributed by atoms with Gasteiger partial charge in [-0.15, -0.1) is 0 Å². The van der Waals surface area contributed by atoms with Crippen LogP contribution in [0.1, 0.15) is 56.2 Å². The van der Waals surface area contributed by atoms with Crippen LogP contribution in [0.4, 0.5) is 0 Å². The van der Waals surface area contributed by atoms with Crippen molar-refractivity contribution in [2.45, 2.75) is 58.7 Å². The second kappa shape index (κ2) is 12.4. The van der Waals surface area contributed by atoms with Gasteiger partial charge in [-0.05, 0) is 48.0 Å². The minimum atomic E-state index is 0.0345. The van der Waals surface area contributed by atoms with Crippen molar-refractivity contribution >= 4 is 5.91 Å². The van der Waals surface area contributed by atoms with Crippen LogP contribution >= 0.6 is 0 Å². The second-order valence-electron chi connectivity index (χ2n) is 11.8. The number of carbonyl (C=O) groups is 1. The Morgan fingerprint density at radius 2 is 1.59 bits per heavy atom. The van der Waals surface area contributed by atoms with Crippen LogP contribution in [0.3, 0.4) is 0 Å². The number of ether oxygens (including phenoxy) is 1. The van der Waals surface area contributed by atoms with E-state index in [9.17, 15) is 4.79 Å². The Morgan fingerprint density at radius 1 is 0.923 bits per heavy atom. The van der Waals surface area contributed by atoms with Crippen molar-refractivity contribution in [3.8, 4) is 11.4 Å². The molecule has 39 heavy (non-hydrogen) atoms. The van der Waals surface area contributed by atoms with Gasteiger partial charge in [0, 0.05) is 37.7 Å². The van der Waals surface area contributed by atoms with Crippen molar-refractivity contribution < 1.29 is 14.1 Å². The van der Waals surface area contributed by atoms with Gasteiger partial charge >= 0.3 is 0 Å². The summed E-state index contributed by atoms with van der Waals surface area (Å²) in [5, 5.41) is 7.40. The summed E-state index contributed by atoms with van der Waals surface area (Å²) in [6.45, 7) is 13.8.